The summed E-state index contributed by atoms with van der Waals surface area (Å²) in [7, 11) is 0. The van der Waals surface area contributed by atoms with Gasteiger partial charge in [0.15, 0.2) is 4.77 Å². The fourth-order valence-corrected chi connectivity index (χ4v) is 2.67. The normalized spacial score (nSPS) is 10.4. The standard InChI is InChI=1S/C19H18N4OS/c1-2-11-20-18(24)14-9-7-13(8-10-14)12-21-17-15-5-3-4-6-16(15)22-19(25)23-17/h2-10H,1,11-12H2,(H,20,24)(H2,21,22,23,25). The van der Waals surface area contributed by atoms with E-state index in [1.54, 1.807) is 18.2 Å². The van der Waals surface area contributed by atoms with Crippen molar-refractivity contribution in [2.45, 2.75) is 6.54 Å². The smallest absolute Gasteiger partial charge is 0.251 e. The lowest BCUT2D eigenvalue weighted by atomic mass is 10.1. The summed E-state index contributed by atoms with van der Waals surface area (Å²) in [5.41, 5.74) is 2.61. The van der Waals surface area contributed by atoms with Crippen LogP contribution < -0.4 is 10.6 Å². The number of carbonyl (C=O) groups is 1. The van der Waals surface area contributed by atoms with E-state index in [-0.39, 0.29) is 5.91 Å². The molecule has 0 aliphatic rings. The van der Waals surface area contributed by atoms with Gasteiger partial charge in [-0.05, 0) is 42.0 Å². The summed E-state index contributed by atoms with van der Waals surface area (Å²) in [5, 5.41) is 7.05. The molecular weight excluding hydrogens is 332 g/mol. The van der Waals surface area contributed by atoms with Gasteiger partial charge in [-0.1, -0.05) is 30.3 Å². The van der Waals surface area contributed by atoms with Crippen LogP contribution in [0.4, 0.5) is 5.82 Å². The molecule has 0 saturated heterocycles. The largest absolute Gasteiger partial charge is 0.365 e. The second-order valence-electron chi connectivity index (χ2n) is 5.49. The van der Waals surface area contributed by atoms with E-state index in [0.717, 1.165) is 22.3 Å². The van der Waals surface area contributed by atoms with E-state index in [9.17, 15) is 4.79 Å². The van der Waals surface area contributed by atoms with Gasteiger partial charge >= 0.3 is 0 Å². The molecule has 1 aromatic heterocycles. The van der Waals surface area contributed by atoms with Gasteiger partial charge in [-0.15, -0.1) is 6.58 Å². The molecule has 2 aromatic carbocycles. The van der Waals surface area contributed by atoms with Crippen molar-refractivity contribution in [2.24, 2.45) is 0 Å². The molecule has 0 saturated carbocycles. The molecule has 0 bridgehead atoms. The average Bonchev–Trinajstić information content (AvgIpc) is 2.64. The minimum absolute atomic E-state index is 0.110. The van der Waals surface area contributed by atoms with Crippen molar-refractivity contribution < 1.29 is 4.79 Å². The molecule has 0 fully saturated rings. The third-order valence-electron chi connectivity index (χ3n) is 3.72. The molecule has 3 rings (SSSR count). The van der Waals surface area contributed by atoms with E-state index in [1.807, 2.05) is 36.4 Å². The zero-order valence-electron chi connectivity index (χ0n) is 13.6. The Balaban J connectivity index is 1.73. The quantitative estimate of drug-likeness (QED) is 0.467. The van der Waals surface area contributed by atoms with Crippen molar-refractivity contribution in [1.82, 2.24) is 15.3 Å². The Labute approximate surface area is 150 Å². The Kier molecular flexibility index (Phi) is 5.20. The lowest BCUT2D eigenvalue weighted by Crippen LogP contribution is -2.23. The molecule has 0 radical (unpaired) electrons. The van der Waals surface area contributed by atoms with Crippen LogP contribution in [0.25, 0.3) is 10.9 Å². The number of benzene rings is 2. The van der Waals surface area contributed by atoms with Crippen LogP contribution in [0.5, 0.6) is 0 Å². The number of hydrogen-bond acceptors (Lipinski definition) is 4. The molecular formula is C19H18N4OS. The summed E-state index contributed by atoms with van der Waals surface area (Å²) in [6.07, 6.45) is 1.65. The van der Waals surface area contributed by atoms with E-state index in [0.29, 0.717) is 23.4 Å². The van der Waals surface area contributed by atoms with Crippen LogP contribution in [0, 0.1) is 4.77 Å². The lowest BCUT2D eigenvalue weighted by molar-refractivity contribution is 0.0958. The Hall–Kier alpha value is -2.99. The van der Waals surface area contributed by atoms with Crippen molar-refractivity contribution in [1.29, 1.82) is 0 Å². The highest BCUT2D eigenvalue weighted by molar-refractivity contribution is 7.71. The fourth-order valence-electron chi connectivity index (χ4n) is 2.46. The number of para-hydroxylation sites is 1. The highest BCUT2D eigenvalue weighted by atomic mass is 32.1. The first-order valence-corrected chi connectivity index (χ1v) is 8.29. The summed E-state index contributed by atoms with van der Waals surface area (Å²) in [6, 6.07) is 15.3. The van der Waals surface area contributed by atoms with Gasteiger partial charge in [0.05, 0.1) is 5.52 Å². The Morgan fingerprint density at radius 3 is 2.72 bits per heavy atom. The Bertz CT molecular complexity index is 963. The topological polar surface area (TPSA) is 69.8 Å². The van der Waals surface area contributed by atoms with Gasteiger partial charge in [-0.3, -0.25) is 4.79 Å². The number of nitrogens with one attached hydrogen (secondary N) is 3. The monoisotopic (exact) mass is 350 g/mol. The van der Waals surface area contributed by atoms with Crippen LogP contribution in [-0.2, 0) is 6.54 Å². The molecule has 3 aromatic rings. The van der Waals surface area contributed by atoms with Gasteiger partial charge in [0, 0.05) is 24.0 Å². The summed E-state index contributed by atoms with van der Waals surface area (Å²) in [6.45, 7) is 4.62. The second-order valence-corrected chi connectivity index (χ2v) is 5.87. The maximum atomic E-state index is 11.9. The fraction of sp³-hybridized carbons (Fsp3) is 0.105. The van der Waals surface area contributed by atoms with Crippen LogP contribution in [0.1, 0.15) is 15.9 Å². The van der Waals surface area contributed by atoms with Gasteiger partial charge in [-0.2, -0.15) is 0 Å². The molecule has 126 valence electrons. The van der Waals surface area contributed by atoms with Crippen LogP contribution in [0.15, 0.2) is 61.2 Å². The minimum Gasteiger partial charge on any atom is -0.365 e. The van der Waals surface area contributed by atoms with Crippen molar-refractivity contribution in [3.8, 4) is 0 Å². The van der Waals surface area contributed by atoms with Gasteiger partial charge in [-0.25, -0.2) is 4.98 Å². The summed E-state index contributed by atoms with van der Waals surface area (Å²) < 4.78 is 0.440. The Morgan fingerprint density at radius 2 is 1.96 bits per heavy atom. The molecule has 0 spiro atoms. The zero-order valence-corrected chi connectivity index (χ0v) is 14.4. The number of hydrogen-bond donors (Lipinski definition) is 3. The van der Waals surface area contributed by atoms with Crippen molar-refractivity contribution in [2.75, 3.05) is 11.9 Å². The molecule has 6 heteroatoms. The van der Waals surface area contributed by atoms with Crippen LogP contribution in [-0.4, -0.2) is 22.4 Å². The van der Waals surface area contributed by atoms with Crippen molar-refractivity contribution >= 4 is 34.8 Å². The number of amides is 1. The first-order chi connectivity index (χ1) is 12.2. The van der Waals surface area contributed by atoms with Crippen LogP contribution >= 0.6 is 12.2 Å². The lowest BCUT2D eigenvalue weighted by Gasteiger charge is -2.09. The van der Waals surface area contributed by atoms with Gasteiger partial charge < -0.3 is 15.6 Å². The van der Waals surface area contributed by atoms with Crippen molar-refractivity contribution in [3.63, 3.8) is 0 Å². The summed E-state index contributed by atoms with van der Waals surface area (Å²) >= 11 is 5.18. The van der Waals surface area contributed by atoms with Gasteiger partial charge in [0.2, 0.25) is 0 Å². The third-order valence-corrected chi connectivity index (χ3v) is 3.91. The molecule has 5 nitrogen and oxygen atoms in total. The first kappa shape index (κ1) is 16.9. The predicted molar refractivity (Wildman–Crippen MR) is 103 cm³/mol. The number of carbonyl (C=O) groups excluding carboxylic acids is 1. The molecule has 0 aliphatic carbocycles. The Morgan fingerprint density at radius 1 is 1.20 bits per heavy atom. The number of nitrogens with zero attached hydrogens (tertiary/aromatic N) is 1. The highest BCUT2D eigenvalue weighted by Crippen LogP contribution is 2.19. The molecule has 25 heavy (non-hydrogen) atoms. The summed E-state index contributed by atoms with van der Waals surface area (Å²) in [4.78, 5) is 19.3. The maximum Gasteiger partial charge on any atom is 0.251 e. The molecule has 1 heterocycles. The van der Waals surface area contributed by atoms with E-state index < -0.39 is 0 Å². The molecule has 0 unspecified atom stereocenters. The number of aromatic amines is 1. The summed E-state index contributed by atoms with van der Waals surface area (Å²) in [5.74, 6) is 0.633. The van der Waals surface area contributed by atoms with Crippen LogP contribution in [0.3, 0.4) is 0 Å². The van der Waals surface area contributed by atoms with Gasteiger partial charge in [0.1, 0.15) is 5.82 Å². The average molecular weight is 350 g/mol. The van der Waals surface area contributed by atoms with E-state index in [1.165, 1.54) is 0 Å². The number of rotatable bonds is 6. The zero-order chi connectivity index (χ0) is 17.6. The molecule has 0 atom stereocenters. The SMILES string of the molecule is C=CCNC(=O)c1ccc(CNc2nc(=S)[nH]c3ccccc23)cc1. The number of aromatic nitrogens is 2. The number of anilines is 1. The van der Waals surface area contributed by atoms with E-state index in [4.69, 9.17) is 12.2 Å². The molecule has 1 amide bonds. The minimum atomic E-state index is -0.110. The number of H-pyrrole nitrogens is 1. The number of fused-ring (bicyclic) bond motifs is 1. The molecule has 0 aliphatic heterocycles. The van der Waals surface area contributed by atoms with Crippen LogP contribution in [0.2, 0.25) is 0 Å². The maximum absolute atomic E-state index is 11.9. The second kappa shape index (κ2) is 7.72. The third kappa shape index (κ3) is 4.10. The van der Waals surface area contributed by atoms with Gasteiger partial charge in [0.25, 0.3) is 5.91 Å². The highest BCUT2D eigenvalue weighted by Gasteiger charge is 2.05. The predicted octanol–water partition coefficient (Wildman–Crippen LogP) is 3.82. The first-order valence-electron chi connectivity index (χ1n) is 7.88. The van der Waals surface area contributed by atoms with E-state index in [2.05, 4.69) is 27.2 Å². The molecule has 3 N–H and O–H groups in total. The van der Waals surface area contributed by atoms with Crippen molar-refractivity contribution in [3.05, 3.63) is 77.1 Å². The van der Waals surface area contributed by atoms with E-state index >= 15 is 0 Å².